The van der Waals surface area contributed by atoms with Crippen LogP contribution in [0.2, 0.25) is 0 Å². The number of benzene rings is 1. The van der Waals surface area contributed by atoms with Gasteiger partial charge in [0.1, 0.15) is 11.9 Å². The van der Waals surface area contributed by atoms with Gasteiger partial charge in [-0.1, -0.05) is 30.3 Å². The summed E-state index contributed by atoms with van der Waals surface area (Å²) >= 11 is 0. The molecule has 0 unspecified atom stereocenters. The molecule has 1 amide bonds. The molecule has 5 rings (SSSR count). The Kier molecular flexibility index (Phi) is 3.60. The van der Waals surface area contributed by atoms with Gasteiger partial charge in [0.15, 0.2) is 5.65 Å². The van der Waals surface area contributed by atoms with Gasteiger partial charge in [-0.25, -0.2) is 4.98 Å². The number of carbonyl (C=O) groups is 1. The second kappa shape index (κ2) is 6.10. The maximum absolute atomic E-state index is 12.3. The molecule has 0 aliphatic carbocycles. The number of piperazine rings is 2. The van der Waals surface area contributed by atoms with Gasteiger partial charge >= 0.3 is 0 Å². The second-order valence-electron chi connectivity index (χ2n) is 6.76. The topological polar surface area (TPSA) is 65.8 Å². The van der Waals surface area contributed by atoms with E-state index < -0.39 is 0 Å². The summed E-state index contributed by atoms with van der Waals surface area (Å²) in [5.74, 6) is 1.10. The Morgan fingerprint density at radius 1 is 1.08 bits per heavy atom. The van der Waals surface area contributed by atoms with Crippen molar-refractivity contribution in [1.82, 2.24) is 24.8 Å². The lowest BCUT2D eigenvalue weighted by Gasteiger charge is -2.43. The summed E-state index contributed by atoms with van der Waals surface area (Å²) in [5.41, 5.74) is 2.81. The molecule has 26 heavy (non-hydrogen) atoms. The van der Waals surface area contributed by atoms with Crippen molar-refractivity contribution in [3.8, 4) is 11.3 Å². The lowest BCUT2D eigenvalue weighted by atomic mass is 10.1. The van der Waals surface area contributed by atoms with Gasteiger partial charge in [-0.3, -0.25) is 9.69 Å². The van der Waals surface area contributed by atoms with Gasteiger partial charge in [-0.2, -0.15) is 9.61 Å². The zero-order valence-corrected chi connectivity index (χ0v) is 14.4. The number of carbonyl (C=O) groups excluding carboxylic acids is 1. The number of aromatic nitrogens is 3. The lowest BCUT2D eigenvalue weighted by molar-refractivity contribution is -0.129. The van der Waals surface area contributed by atoms with Crippen molar-refractivity contribution < 1.29 is 4.79 Å². The maximum atomic E-state index is 12.3. The molecule has 1 aromatic carbocycles. The quantitative estimate of drug-likeness (QED) is 0.749. The molecule has 0 radical (unpaired) electrons. The van der Waals surface area contributed by atoms with E-state index in [1.807, 2.05) is 28.8 Å². The largest absolute Gasteiger partial charge is 0.353 e. The SMILES string of the molecule is O=C1NCCN2CCN(c3cc(-c4ccccc4)nc4ccnn34)C[C@@H]12. The van der Waals surface area contributed by atoms with Crippen LogP contribution in [0.3, 0.4) is 0 Å². The molecule has 1 N–H and O–H groups in total. The zero-order chi connectivity index (χ0) is 17.5. The molecule has 1 atom stereocenters. The smallest absolute Gasteiger partial charge is 0.239 e. The van der Waals surface area contributed by atoms with Crippen LogP contribution in [0.1, 0.15) is 0 Å². The highest BCUT2D eigenvalue weighted by Gasteiger charge is 2.35. The third-order valence-electron chi connectivity index (χ3n) is 5.23. The summed E-state index contributed by atoms with van der Waals surface area (Å²) in [6.45, 7) is 4.08. The minimum absolute atomic E-state index is 0.101. The minimum Gasteiger partial charge on any atom is -0.353 e. The number of anilines is 1. The van der Waals surface area contributed by atoms with Crippen molar-refractivity contribution in [2.75, 3.05) is 37.6 Å². The molecular weight excluding hydrogens is 328 g/mol. The van der Waals surface area contributed by atoms with Crippen LogP contribution in [0.15, 0.2) is 48.7 Å². The van der Waals surface area contributed by atoms with E-state index in [1.54, 1.807) is 6.20 Å². The molecule has 0 bridgehead atoms. The Morgan fingerprint density at radius 3 is 2.85 bits per heavy atom. The van der Waals surface area contributed by atoms with E-state index in [1.165, 1.54) is 0 Å². The van der Waals surface area contributed by atoms with Crippen LogP contribution in [-0.2, 0) is 4.79 Å². The first-order valence-electron chi connectivity index (χ1n) is 8.96. The highest BCUT2D eigenvalue weighted by atomic mass is 16.2. The molecular formula is C19H20N6O. The van der Waals surface area contributed by atoms with Crippen molar-refractivity contribution in [2.45, 2.75) is 6.04 Å². The van der Waals surface area contributed by atoms with Crippen LogP contribution >= 0.6 is 0 Å². The van der Waals surface area contributed by atoms with E-state index in [-0.39, 0.29) is 11.9 Å². The highest BCUT2D eigenvalue weighted by Crippen LogP contribution is 2.26. The van der Waals surface area contributed by atoms with Crippen LogP contribution in [0.5, 0.6) is 0 Å². The van der Waals surface area contributed by atoms with E-state index in [2.05, 4.69) is 38.4 Å². The Bertz CT molecular complexity index is 953. The Balaban J connectivity index is 1.56. The highest BCUT2D eigenvalue weighted by molar-refractivity contribution is 5.83. The number of rotatable bonds is 2. The van der Waals surface area contributed by atoms with E-state index in [0.717, 1.165) is 48.9 Å². The fourth-order valence-corrected chi connectivity index (χ4v) is 3.86. The molecule has 2 fully saturated rings. The van der Waals surface area contributed by atoms with Crippen LogP contribution in [-0.4, -0.2) is 64.2 Å². The van der Waals surface area contributed by atoms with Gasteiger partial charge in [-0.15, -0.1) is 0 Å². The van der Waals surface area contributed by atoms with Crippen molar-refractivity contribution in [2.24, 2.45) is 0 Å². The van der Waals surface area contributed by atoms with E-state index in [0.29, 0.717) is 6.54 Å². The van der Waals surface area contributed by atoms with Gasteiger partial charge in [0.05, 0.1) is 11.9 Å². The standard InChI is InChI=1S/C19H20N6O/c26-19-16-13-24(11-10-23(16)9-8-20-19)18-12-15(14-4-2-1-3-5-14)22-17-6-7-21-25(17)18/h1-7,12,16H,8-11,13H2,(H,20,26)/t16-/m0/s1. The molecule has 132 valence electrons. The number of hydrogen-bond donors (Lipinski definition) is 1. The molecule has 2 aliphatic heterocycles. The molecule has 7 heteroatoms. The van der Waals surface area contributed by atoms with Crippen LogP contribution in [0, 0.1) is 0 Å². The van der Waals surface area contributed by atoms with Crippen molar-refractivity contribution in [3.05, 3.63) is 48.7 Å². The Hall–Kier alpha value is -2.93. The van der Waals surface area contributed by atoms with Crippen molar-refractivity contribution in [3.63, 3.8) is 0 Å². The summed E-state index contributed by atoms with van der Waals surface area (Å²) in [6.07, 6.45) is 1.77. The first-order chi connectivity index (χ1) is 12.8. The summed E-state index contributed by atoms with van der Waals surface area (Å²) in [5, 5.41) is 7.43. The summed E-state index contributed by atoms with van der Waals surface area (Å²) in [4.78, 5) is 21.6. The number of amides is 1. The summed E-state index contributed by atoms with van der Waals surface area (Å²) < 4.78 is 1.86. The number of nitrogens with zero attached hydrogens (tertiary/aromatic N) is 5. The van der Waals surface area contributed by atoms with Gasteiger partial charge in [0.2, 0.25) is 5.91 Å². The van der Waals surface area contributed by atoms with Crippen LogP contribution < -0.4 is 10.2 Å². The van der Waals surface area contributed by atoms with Gasteiger partial charge in [0, 0.05) is 50.4 Å². The Labute approximate surface area is 151 Å². The van der Waals surface area contributed by atoms with E-state index in [9.17, 15) is 4.79 Å². The molecule has 0 spiro atoms. The molecule has 7 nitrogen and oxygen atoms in total. The van der Waals surface area contributed by atoms with Crippen molar-refractivity contribution >= 4 is 17.4 Å². The van der Waals surface area contributed by atoms with E-state index >= 15 is 0 Å². The predicted octanol–water partition coefficient (Wildman–Crippen LogP) is 1.02. The predicted molar refractivity (Wildman–Crippen MR) is 99.0 cm³/mol. The number of nitrogens with one attached hydrogen (secondary N) is 1. The van der Waals surface area contributed by atoms with Crippen LogP contribution in [0.4, 0.5) is 5.82 Å². The average Bonchev–Trinajstić information content (AvgIpc) is 3.17. The first kappa shape index (κ1) is 15.3. The normalized spacial score (nSPS) is 20.8. The second-order valence-corrected chi connectivity index (χ2v) is 6.76. The molecule has 2 saturated heterocycles. The molecule has 2 aromatic heterocycles. The summed E-state index contributed by atoms with van der Waals surface area (Å²) in [7, 11) is 0. The fourth-order valence-electron chi connectivity index (χ4n) is 3.86. The minimum atomic E-state index is -0.101. The summed E-state index contributed by atoms with van der Waals surface area (Å²) in [6, 6.07) is 14.0. The van der Waals surface area contributed by atoms with E-state index in [4.69, 9.17) is 4.98 Å². The van der Waals surface area contributed by atoms with Crippen molar-refractivity contribution in [1.29, 1.82) is 0 Å². The molecule has 4 heterocycles. The fraction of sp³-hybridized carbons (Fsp3) is 0.316. The number of fused-ring (bicyclic) bond motifs is 2. The van der Waals surface area contributed by atoms with Gasteiger partial charge in [-0.05, 0) is 0 Å². The number of hydrogen-bond acceptors (Lipinski definition) is 5. The lowest BCUT2D eigenvalue weighted by Crippen LogP contribution is -2.64. The van der Waals surface area contributed by atoms with Crippen LogP contribution in [0.25, 0.3) is 16.9 Å². The molecule has 3 aromatic rings. The average molecular weight is 348 g/mol. The maximum Gasteiger partial charge on any atom is 0.239 e. The first-order valence-corrected chi connectivity index (χ1v) is 8.96. The Morgan fingerprint density at radius 2 is 1.96 bits per heavy atom. The molecule has 0 saturated carbocycles. The third-order valence-corrected chi connectivity index (χ3v) is 5.23. The van der Waals surface area contributed by atoms with Gasteiger partial charge in [0.25, 0.3) is 0 Å². The molecule has 2 aliphatic rings. The monoisotopic (exact) mass is 348 g/mol. The third kappa shape index (κ3) is 2.52. The van der Waals surface area contributed by atoms with Gasteiger partial charge < -0.3 is 10.2 Å². The zero-order valence-electron chi connectivity index (χ0n) is 14.4.